The maximum absolute atomic E-state index is 12.3. The van der Waals surface area contributed by atoms with Gasteiger partial charge in [0.25, 0.3) is 5.91 Å². The number of fused-ring (bicyclic) bond motifs is 1. The minimum absolute atomic E-state index is 0.00313. The van der Waals surface area contributed by atoms with Crippen LogP contribution in [0.25, 0.3) is 0 Å². The maximum Gasteiger partial charge on any atom is 0.306 e. The molecule has 1 N–H and O–H groups in total. The second kappa shape index (κ2) is 9.55. The average Bonchev–Trinajstić information content (AvgIpc) is 3.46. The van der Waals surface area contributed by atoms with Gasteiger partial charge in [0, 0.05) is 18.5 Å². The van der Waals surface area contributed by atoms with Crippen molar-refractivity contribution in [2.75, 3.05) is 18.5 Å². The number of nitrogens with one attached hydrogen (secondary N) is 1. The average molecular weight is 419 g/mol. The Labute approximate surface area is 181 Å². The van der Waals surface area contributed by atoms with E-state index in [2.05, 4.69) is 10.4 Å². The zero-order valence-corrected chi connectivity index (χ0v) is 17.3. The number of rotatable bonds is 7. The quantitative estimate of drug-likeness (QED) is 0.699. The maximum atomic E-state index is 12.3. The number of hydrazone groups is 1. The van der Waals surface area contributed by atoms with Crippen molar-refractivity contribution in [3.63, 3.8) is 0 Å². The van der Waals surface area contributed by atoms with E-state index >= 15 is 0 Å². The summed E-state index contributed by atoms with van der Waals surface area (Å²) in [5, 5.41) is 8.51. The van der Waals surface area contributed by atoms with E-state index < -0.39 is 11.9 Å². The Morgan fingerprint density at radius 3 is 2.61 bits per heavy atom. The Balaban J connectivity index is 1.18. The lowest BCUT2D eigenvalue weighted by Crippen LogP contribution is -2.25. The number of carbonyl (C=O) groups is 3. The van der Waals surface area contributed by atoms with Crippen LogP contribution < -0.4 is 5.32 Å². The molecule has 0 saturated heterocycles. The van der Waals surface area contributed by atoms with Crippen LogP contribution in [0.5, 0.6) is 0 Å². The van der Waals surface area contributed by atoms with Crippen molar-refractivity contribution >= 4 is 29.2 Å². The monoisotopic (exact) mass is 419 g/mol. The SMILES string of the molecule is O=C(COC(=O)CCC(=O)N1CCC(c2ccccc2)=N1)Nc1ccc2c(c1)CCC2. The molecule has 1 heterocycles. The first-order valence-corrected chi connectivity index (χ1v) is 10.6. The molecule has 0 spiro atoms. The molecule has 31 heavy (non-hydrogen) atoms. The number of hydrogen-bond donors (Lipinski definition) is 1. The summed E-state index contributed by atoms with van der Waals surface area (Å²) in [6.45, 7) is 0.130. The minimum Gasteiger partial charge on any atom is -0.456 e. The molecule has 1 aliphatic heterocycles. The standard InChI is InChI=1S/C24H25N3O4/c28-22(25-20-10-9-17-7-4-8-19(17)15-20)16-31-24(30)12-11-23(29)27-14-13-21(26-27)18-5-2-1-3-6-18/h1-3,5-6,9-10,15H,4,7-8,11-14,16H2,(H,25,28). The van der Waals surface area contributed by atoms with E-state index in [1.807, 2.05) is 48.5 Å². The fourth-order valence-corrected chi connectivity index (χ4v) is 3.87. The van der Waals surface area contributed by atoms with Crippen LogP contribution in [-0.2, 0) is 32.0 Å². The summed E-state index contributed by atoms with van der Waals surface area (Å²) >= 11 is 0. The zero-order chi connectivity index (χ0) is 21.6. The Kier molecular flexibility index (Phi) is 6.40. The molecule has 4 rings (SSSR count). The van der Waals surface area contributed by atoms with Gasteiger partial charge in [-0.3, -0.25) is 14.4 Å². The van der Waals surface area contributed by atoms with E-state index in [0.29, 0.717) is 18.7 Å². The molecule has 0 unspecified atom stereocenters. The molecule has 0 atom stereocenters. The Morgan fingerprint density at radius 1 is 0.968 bits per heavy atom. The van der Waals surface area contributed by atoms with Crippen LogP contribution in [0.15, 0.2) is 53.6 Å². The third-order valence-electron chi connectivity index (χ3n) is 5.49. The molecule has 7 nitrogen and oxygen atoms in total. The molecule has 0 fully saturated rings. The highest BCUT2D eigenvalue weighted by Crippen LogP contribution is 2.24. The van der Waals surface area contributed by atoms with Crippen molar-refractivity contribution in [3.05, 3.63) is 65.2 Å². The van der Waals surface area contributed by atoms with Gasteiger partial charge in [-0.15, -0.1) is 0 Å². The molecule has 160 valence electrons. The Bertz CT molecular complexity index is 1020. The normalized spacial score (nSPS) is 14.7. The molecule has 0 saturated carbocycles. The summed E-state index contributed by atoms with van der Waals surface area (Å²) < 4.78 is 5.01. The van der Waals surface area contributed by atoms with Gasteiger partial charge in [0.1, 0.15) is 0 Å². The highest BCUT2D eigenvalue weighted by Gasteiger charge is 2.22. The zero-order valence-electron chi connectivity index (χ0n) is 17.3. The van der Waals surface area contributed by atoms with E-state index in [-0.39, 0.29) is 25.4 Å². The van der Waals surface area contributed by atoms with E-state index in [4.69, 9.17) is 4.74 Å². The number of esters is 1. The molecule has 0 aromatic heterocycles. The summed E-state index contributed by atoms with van der Waals surface area (Å²) in [4.78, 5) is 36.3. The van der Waals surface area contributed by atoms with Crippen LogP contribution in [0.1, 0.15) is 42.4 Å². The van der Waals surface area contributed by atoms with Gasteiger partial charge in [0.15, 0.2) is 6.61 Å². The second-order valence-electron chi connectivity index (χ2n) is 7.73. The molecule has 2 amide bonds. The topological polar surface area (TPSA) is 88.1 Å². The molecule has 7 heteroatoms. The van der Waals surface area contributed by atoms with Gasteiger partial charge in [-0.2, -0.15) is 5.10 Å². The lowest BCUT2D eigenvalue weighted by atomic mass is 10.1. The second-order valence-corrected chi connectivity index (χ2v) is 7.73. The lowest BCUT2D eigenvalue weighted by molar-refractivity contribution is -0.148. The van der Waals surface area contributed by atoms with E-state index in [0.717, 1.165) is 30.5 Å². The van der Waals surface area contributed by atoms with E-state index in [9.17, 15) is 14.4 Å². The van der Waals surface area contributed by atoms with Crippen molar-refractivity contribution in [2.45, 2.75) is 38.5 Å². The largest absolute Gasteiger partial charge is 0.456 e. The summed E-state index contributed by atoms with van der Waals surface area (Å²) in [6, 6.07) is 15.6. The van der Waals surface area contributed by atoms with Gasteiger partial charge < -0.3 is 10.1 Å². The van der Waals surface area contributed by atoms with Crippen molar-refractivity contribution < 1.29 is 19.1 Å². The van der Waals surface area contributed by atoms with Crippen molar-refractivity contribution in [1.29, 1.82) is 0 Å². The van der Waals surface area contributed by atoms with Gasteiger partial charge in [-0.25, -0.2) is 5.01 Å². The van der Waals surface area contributed by atoms with Gasteiger partial charge in [0.2, 0.25) is 5.91 Å². The third kappa shape index (κ3) is 5.36. The summed E-state index contributed by atoms with van der Waals surface area (Å²) in [5.41, 5.74) is 5.14. The number of amides is 2. The first-order valence-electron chi connectivity index (χ1n) is 10.6. The number of nitrogens with zero attached hydrogens (tertiary/aromatic N) is 2. The van der Waals surface area contributed by atoms with E-state index in [1.165, 1.54) is 16.1 Å². The predicted octanol–water partition coefficient (Wildman–Crippen LogP) is 3.07. The van der Waals surface area contributed by atoms with E-state index in [1.54, 1.807) is 0 Å². The smallest absolute Gasteiger partial charge is 0.306 e. The molecule has 1 aliphatic carbocycles. The Morgan fingerprint density at radius 2 is 1.77 bits per heavy atom. The third-order valence-corrected chi connectivity index (χ3v) is 5.49. The summed E-state index contributed by atoms with van der Waals surface area (Å²) in [5.74, 6) is -1.20. The van der Waals surface area contributed by atoms with Crippen LogP contribution in [-0.4, -0.2) is 41.7 Å². The number of ether oxygens (including phenoxy) is 1. The summed E-state index contributed by atoms with van der Waals surface area (Å²) in [7, 11) is 0. The van der Waals surface area contributed by atoms with Crippen molar-refractivity contribution in [1.82, 2.24) is 5.01 Å². The molecule has 0 radical (unpaired) electrons. The van der Waals surface area contributed by atoms with Gasteiger partial charge in [-0.1, -0.05) is 36.4 Å². The predicted molar refractivity (Wildman–Crippen MR) is 117 cm³/mol. The highest BCUT2D eigenvalue weighted by molar-refractivity contribution is 6.02. The molecular weight excluding hydrogens is 394 g/mol. The van der Waals surface area contributed by atoms with Crippen LogP contribution in [0, 0.1) is 0 Å². The molecule has 2 aromatic carbocycles. The molecule has 0 bridgehead atoms. The van der Waals surface area contributed by atoms with Gasteiger partial charge >= 0.3 is 5.97 Å². The Hall–Kier alpha value is -3.48. The first kappa shape index (κ1) is 20.8. The lowest BCUT2D eigenvalue weighted by Gasteiger charge is -2.11. The fourth-order valence-electron chi connectivity index (χ4n) is 3.87. The molecular formula is C24H25N3O4. The van der Waals surface area contributed by atoms with Gasteiger partial charge in [-0.05, 0) is 48.1 Å². The number of benzene rings is 2. The van der Waals surface area contributed by atoms with Crippen LogP contribution in [0.4, 0.5) is 5.69 Å². The van der Waals surface area contributed by atoms with Crippen molar-refractivity contribution in [3.8, 4) is 0 Å². The van der Waals surface area contributed by atoms with Gasteiger partial charge in [0.05, 0.1) is 18.7 Å². The highest BCUT2D eigenvalue weighted by atomic mass is 16.5. The van der Waals surface area contributed by atoms with Crippen LogP contribution >= 0.6 is 0 Å². The first-order chi connectivity index (χ1) is 15.1. The number of anilines is 1. The van der Waals surface area contributed by atoms with Crippen LogP contribution in [0.2, 0.25) is 0 Å². The van der Waals surface area contributed by atoms with Crippen molar-refractivity contribution in [2.24, 2.45) is 5.10 Å². The number of carbonyl (C=O) groups excluding carboxylic acids is 3. The van der Waals surface area contributed by atoms with Crippen LogP contribution in [0.3, 0.4) is 0 Å². The molecule has 2 aromatic rings. The summed E-state index contributed by atoms with van der Waals surface area (Å²) in [6.07, 6.45) is 3.84. The molecule has 2 aliphatic rings. The minimum atomic E-state index is -0.580. The number of aryl methyl sites for hydroxylation is 2. The number of hydrogen-bond acceptors (Lipinski definition) is 5. The fraction of sp³-hybridized carbons (Fsp3) is 0.333.